The van der Waals surface area contributed by atoms with Crippen LogP contribution in [0.4, 0.5) is 34.5 Å². The molecule has 0 saturated carbocycles. The molecule has 4 aliphatic rings. The molecule has 4 saturated heterocycles. The SMILES string of the molecule is O=C1N(c2cncc(Nc3ncc(Cl)c(N4CCCCC4)n3)c2)CCC12CCN(C1CCN(c3ccc([N+](=O)[O-])cc3)CC1)CC2. The number of anilines is 5. The first kappa shape index (κ1) is 30.6. The van der Waals surface area contributed by atoms with Gasteiger partial charge in [0.05, 0.1) is 40.3 Å². The third-order valence-corrected chi connectivity index (χ3v) is 10.6. The van der Waals surface area contributed by atoms with Gasteiger partial charge >= 0.3 is 0 Å². The molecule has 1 amide bonds. The summed E-state index contributed by atoms with van der Waals surface area (Å²) in [4.78, 5) is 47.1. The Balaban J connectivity index is 0.943. The van der Waals surface area contributed by atoms with Gasteiger partial charge in [0.15, 0.2) is 5.82 Å². The lowest BCUT2D eigenvalue weighted by Gasteiger charge is -2.44. The maximum absolute atomic E-state index is 13.9. The van der Waals surface area contributed by atoms with Crippen molar-refractivity contribution in [3.8, 4) is 0 Å². The van der Waals surface area contributed by atoms with Crippen molar-refractivity contribution in [2.24, 2.45) is 5.41 Å². The third-order valence-electron chi connectivity index (χ3n) is 10.3. The first-order valence-electron chi connectivity index (χ1n) is 16.4. The fraction of sp³-hybridized carbons (Fsp3) is 0.515. The Kier molecular flexibility index (Phi) is 8.65. The zero-order chi connectivity index (χ0) is 31.7. The van der Waals surface area contributed by atoms with Gasteiger partial charge < -0.3 is 24.9 Å². The predicted octanol–water partition coefficient (Wildman–Crippen LogP) is 5.66. The number of pyridine rings is 1. The van der Waals surface area contributed by atoms with E-state index in [9.17, 15) is 14.9 Å². The first-order valence-corrected chi connectivity index (χ1v) is 16.8. The molecule has 242 valence electrons. The summed E-state index contributed by atoms with van der Waals surface area (Å²) in [6.07, 6.45) is 13.3. The molecule has 4 fully saturated rings. The third kappa shape index (κ3) is 6.20. The molecule has 46 heavy (non-hydrogen) atoms. The molecule has 1 N–H and O–H groups in total. The normalized spacial score (nSPS) is 20.8. The molecule has 1 aromatic carbocycles. The molecule has 0 atom stereocenters. The highest BCUT2D eigenvalue weighted by molar-refractivity contribution is 6.32. The van der Waals surface area contributed by atoms with Crippen LogP contribution in [-0.2, 0) is 4.79 Å². The summed E-state index contributed by atoms with van der Waals surface area (Å²) in [5, 5.41) is 14.8. The van der Waals surface area contributed by atoms with Crippen LogP contribution in [0.25, 0.3) is 0 Å². The molecular weight excluding hydrogens is 606 g/mol. The molecular formula is C33H40ClN9O3. The van der Waals surface area contributed by atoms with Crippen LogP contribution >= 0.6 is 11.6 Å². The first-order chi connectivity index (χ1) is 22.4. The number of hydrogen-bond donors (Lipinski definition) is 1. The Morgan fingerprint density at radius 3 is 2.30 bits per heavy atom. The summed E-state index contributed by atoms with van der Waals surface area (Å²) in [5.74, 6) is 1.41. The average molecular weight is 646 g/mol. The van der Waals surface area contributed by atoms with Gasteiger partial charge in [-0.2, -0.15) is 4.98 Å². The number of rotatable bonds is 7. The lowest BCUT2D eigenvalue weighted by Crippen LogP contribution is -2.51. The fourth-order valence-corrected chi connectivity index (χ4v) is 7.85. The van der Waals surface area contributed by atoms with Gasteiger partial charge in [0, 0.05) is 56.6 Å². The van der Waals surface area contributed by atoms with Crippen LogP contribution in [0.1, 0.15) is 51.4 Å². The van der Waals surface area contributed by atoms with Crippen molar-refractivity contribution in [1.82, 2.24) is 19.9 Å². The predicted molar refractivity (Wildman–Crippen MR) is 179 cm³/mol. The molecule has 3 aromatic rings. The van der Waals surface area contributed by atoms with Crippen molar-refractivity contribution in [3.63, 3.8) is 0 Å². The number of nitrogens with zero attached hydrogens (tertiary/aromatic N) is 8. The van der Waals surface area contributed by atoms with E-state index in [1.165, 1.54) is 6.42 Å². The zero-order valence-electron chi connectivity index (χ0n) is 26.0. The van der Waals surface area contributed by atoms with Crippen LogP contribution in [0.3, 0.4) is 0 Å². The van der Waals surface area contributed by atoms with E-state index in [4.69, 9.17) is 16.6 Å². The van der Waals surface area contributed by atoms with Gasteiger partial charge in [0.2, 0.25) is 11.9 Å². The Morgan fingerprint density at radius 2 is 1.59 bits per heavy atom. The Labute approximate surface area is 273 Å². The summed E-state index contributed by atoms with van der Waals surface area (Å²) < 4.78 is 0. The number of aromatic nitrogens is 3. The average Bonchev–Trinajstić information content (AvgIpc) is 3.41. The van der Waals surface area contributed by atoms with Gasteiger partial charge in [-0.15, -0.1) is 0 Å². The molecule has 2 aromatic heterocycles. The number of likely N-dealkylation sites (tertiary alicyclic amines) is 1. The number of nitro benzene ring substituents is 1. The highest BCUT2D eigenvalue weighted by atomic mass is 35.5. The Bertz CT molecular complexity index is 1570. The van der Waals surface area contributed by atoms with Crippen molar-refractivity contribution >= 4 is 52.0 Å². The van der Waals surface area contributed by atoms with Crippen molar-refractivity contribution in [2.75, 3.05) is 65.8 Å². The number of nitrogens with one attached hydrogen (secondary N) is 1. The quantitative estimate of drug-likeness (QED) is 0.254. The van der Waals surface area contributed by atoms with E-state index in [2.05, 4.69) is 30.0 Å². The largest absolute Gasteiger partial charge is 0.371 e. The number of nitro groups is 1. The van der Waals surface area contributed by atoms with Gasteiger partial charge in [-0.05, 0) is 82.7 Å². The maximum atomic E-state index is 13.9. The van der Waals surface area contributed by atoms with Crippen molar-refractivity contribution in [2.45, 2.75) is 57.4 Å². The van der Waals surface area contributed by atoms with E-state index in [-0.39, 0.29) is 21.9 Å². The molecule has 0 bridgehead atoms. The van der Waals surface area contributed by atoms with Gasteiger partial charge in [0.25, 0.3) is 5.69 Å². The van der Waals surface area contributed by atoms with E-state index in [1.807, 2.05) is 23.1 Å². The summed E-state index contributed by atoms with van der Waals surface area (Å²) in [6, 6.07) is 9.30. The van der Waals surface area contributed by atoms with E-state index in [1.54, 1.807) is 30.7 Å². The second kappa shape index (κ2) is 13.0. The monoisotopic (exact) mass is 645 g/mol. The fourth-order valence-electron chi connectivity index (χ4n) is 7.64. The number of piperidine rings is 3. The summed E-state index contributed by atoms with van der Waals surface area (Å²) in [6.45, 7) is 6.27. The van der Waals surface area contributed by atoms with Crippen LogP contribution in [0.5, 0.6) is 0 Å². The van der Waals surface area contributed by atoms with Gasteiger partial charge in [-0.1, -0.05) is 11.6 Å². The van der Waals surface area contributed by atoms with E-state index >= 15 is 0 Å². The van der Waals surface area contributed by atoms with Crippen molar-refractivity contribution in [3.05, 3.63) is 64.1 Å². The second-order valence-corrected chi connectivity index (χ2v) is 13.4. The maximum Gasteiger partial charge on any atom is 0.269 e. The van der Waals surface area contributed by atoms with E-state index in [0.29, 0.717) is 23.6 Å². The van der Waals surface area contributed by atoms with Crippen LogP contribution in [0, 0.1) is 15.5 Å². The number of benzene rings is 1. The Morgan fingerprint density at radius 1 is 0.870 bits per heavy atom. The zero-order valence-corrected chi connectivity index (χ0v) is 26.7. The summed E-state index contributed by atoms with van der Waals surface area (Å²) in [7, 11) is 0. The lowest BCUT2D eigenvalue weighted by atomic mass is 9.76. The topological polar surface area (TPSA) is 124 Å². The number of amides is 1. The molecule has 0 unspecified atom stereocenters. The van der Waals surface area contributed by atoms with Crippen LogP contribution in [0.15, 0.2) is 48.9 Å². The minimum atomic E-state index is -0.359. The minimum absolute atomic E-state index is 0.121. The van der Waals surface area contributed by atoms with Crippen molar-refractivity contribution in [1.29, 1.82) is 0 Å². The van der Waals surface area contributed by atoms with Gasteiger partial charge in [-0.3, -0.25) is 19.9 Å². The highest BCUT2D eigenvalue weighted by Gasteiger charge is 2.49. The number of hydrogen-bond acceptors (Lipinski definition) is 10. The number of carbonyl (C=O) groups excluding carboxylic acids is 1. The molecule has 12 nitrogen and oxygen atoms in total. The van der Waals surface area contributed by atoms with Crippen LogP contribution in [0.2, 0.25) is 5.02 Å². The van der Waals surface area contributed by atoms with Crippen LogP contribution < -0.4 is 20.0 Å². The lowest BCUT2D eigenvalue weighted by molar-refractivity contribution is -0.384. The molecule has 0 radical (unpaired) electrons. The number of non-ortho nitro benzene ring substituents is 1. The molecule has 1 spiro atoms. The van der Waals surface area contributed by atoms with Gasteiger partial charge in [-0.25, -0.2) is 4.98 Å². The number of halogens is 1. The molecule has 13 heteroatoms. The van der Waals surface area contributed by atoms with E-state index < -0.39 is 0 Å². The second-order valence-electron chi connectivity index (χ2n) is 13.0. The summed E-state index contributed by atoms with van der Waals surface area (Å²) in [5.41, 5.74) is 2.36. The molecule has 7 rings (SSSR count). The van der Waals surface area contributed by atoms with Crippen molar-refractivity contribution < 1.29 is 9.72 Å². The standard InChI is InChI=1S/C33H40ClN9O3/c34-29-23-36-32(38-30(29)41-13-2-1-3-14-41)37-24-20-28(22-35-21-24)42-19-12-33(31(42)44)10-17-40(18-11-33)26-8-15-39(16-9-26)25-4-6-27(7-5-25)43(45)46/h4-7,20-23,26H,1-3,8-19H2,(H,36,37,38). The smallest absolute Gasteiger partial charge is 0.269 e. The number of carbonyl (C=O) groups is 1. The summed E-state index contributed by atoms with van der Waals surface area (Å²) >= 11 is 6.45. The Hall–Kier alpha value is -4.03. The molecule has 4 aliphatic heterocycles. The van der Waals surface area contributed by atoms with E-state index in [0.717, 1.165) is 107 Å². The minimum Gasteiger partial charge on any atom is -0.371 e. The van der Waals surface area contributed by atoms with Crippen LogP contribution in [-0.4, -0.2) is 82.5 Å². The van der Waals surface area contributed by atoms with Gasteiger partial charge in [0.1, 0.15) is 5.02 Å². The molecule has 6 heterocycles. The molecule has 0 aliphatic carbocycles. The highest BCUT2D eigenvalue weighted by Crippen LogP contribution is 2.44.